The Balaban J connectivity index is 1.74. The van der Waals surface area contributed by atoms with Crippen LogP contribution in [0.25, 0.3) is 0 Å². The summed E-state index contributed by atoms with van der Waals surface area (Å²) in [4.78, 5) is 25.5. The first-order chi connectivity index (χ1) is 9.61. The van der Waals surface area contributed by atoms with Crippen molar-refractivity contribution in [1.29, 1.82) is 0 Å². The van der Waals surface area contributed by atoms with Gasteiger partial charge < -0.3 is 20.3 Å². The maximum atomic E-state index is 12.2. The van der Waals surface area contributed by atoms with Gasteiger partial charge in [-0.15, -0.1) is 0 Å². The molecule has 2 saturated heterocycles. The lowest BCUT2D eigenvalue weighted by atomic mass is 9.96. The van der Waals surface area contributed by atoms with E-state index in [1.807, 2.05) is 6.92 Å². The molecule has 0 aromatic rings. The Hall–Kier alpha value is -1.30. The Morgan fingerprint density at radius 2 is 2.00 bits per heavy atom. The highest BCUT2D eigenvalue weighted by Crippen LogP contribution is 2.18. The van der Waals surface area contributed by atoms with Crippen molar-refractivity contribution < 1.29 is 14.3 Å². The number of amides is 2. The Morgan fingerprint density at radius 3 is 2.55 bits per heavy atom. The summed E-state index contributed by atoms with van der Waals surface area (Å²) in [7, 11) is 0. The first-order valence-electron chi connectivity index (χ1n) is 7.54. The van der Waals surface area contributed by atoms with Crippen LogP contribution in [0.15, 0.2) is 0 Å². The van der Waals surface area contributed by atoms with E-state index < -0.39 is 0 Å². The number of hydrogen-bond donors (Lipinski definition) is 2. The zero-order valence-corrected chi connectivity index (χ0v) is 12.4. The van der Waals surface area contributed by atoms with Crippen LogP contribution in [0, 0.1) is 11.8 Å². The zero-order chi connectivity index (χ0) is 14.5. The van der Waals surface area contributed by atoms with Gasteiger partial charge in [0.25, 0.3) is 0 Å². The minimum atomic E-state index is -0.245. The third-order valence-electron chi connectivity index (χ3n) is 4.22. The number of nitrogens with zero attached hydrogens (tertiary/aromatic N) is 1. The second kappa shape index (κ2) is 6.92. The molecule has 2 N–H and O–H groups in total. The maximum Gasteiger partial charge on any atom is 0.409 e. The fourth-order valence-corrected chi connectivity index (χ4v) is 2.89. The fraction of sp³-hybridized carbons (Fsp3) is 0.857. The summed E-state index contributed by atoms with van der Waals surface area (Å²) in [5.74, 6) is 0.629. The third-order valence-corrected chi connectivity index (χ3v) is 4.22. The van der Waals surface area contributed by atoms with E-state index in [1.54, 1.807) is 4.90 Å². The molecule has 114 valence electrons. The fourth-order valence-electron chi connectivity index (χ4n) is 2.89. The lowest BCUT2D eigenvalue weighted by Crippen LogP contribution is -2.48. The predicted molar refractivity (Wildman–Crippen MR) is 75.3 cm³/mol. The summed E-state index contributed by atoms with van der Waals surface area (Å²) in [5.41, 5.74) is 0. The van der Waals surface area contributed by atoms with Crippen LogP contribution in [-0.2, 0) is 9.53 Å². The van der Waals surface area contributed by atoms with Crippen LogP contribution < -0.4 is 10.6 Å². The Bertz CT molecular complexity index is 354. The van der Waals surface area contributed by atoms with Gasteiger partial charge in [0.1, 0.15) is 0 Å². The molecular formula is C14H25N3O3. The number of hydrogen-bond acceptors (Lipinski definition) is 4. The molecule has 0 aliphatic carbocycles. The van der Waals surface area contributed by atoms with Crippen LogP contribution in [0.2, 0.25) is 0 Å². The summed E-state index contributed by atoms with van der Waals surface area (Å²) in [6, 6.07) is 0.181. The molecular weight excluding hydrogens is 258 g/mol. The normalized spacial score (nSPS) is 27.4. The summed E-state index contributed by atoms with van der Waals surface area (Å²) >= 11 is 0. The molecule has 2 amide bonds. The second-order valence-electron chi connectivity index (χ2n) is 5.71. The average molecular weight is 283 g/mol. The molecule has 2 aliphatic heterocycles. The number of likely N-dealkylation sites (tertiary alicyclic amines) is 1. The molecule has 6 nitrogen and oxygen atoms in total. The highest BCUT2D eigenvalue weighted by molar-refractivity contribution is 5.80. The molecule has 0 aromatic heterocycles. The highest BCUT2D eigenvalue weighted by Gasteiger charge is 2.32. The van der Waals surface area contributed by atoms with E-state index in [2.05, 4.69) is 17.6 Å². The largest absolute Gasteiger partial charge is 0.450 e. The molecule has 0 bridgehead atoms. The van der Waals surface area contributed by atoms with E-state index in [0.717, 1.165) is 25.9 Å². The topological polar surface area (TPSA) is 70.7 Å². The SMILES string of the molecule is CCOC(=O)N1CCC(NC(=O)[C@@H]2CNC[C@H]2C)CC1. The van der Waals surface area contributed by atoms with Crippen molar-refractivity contribution in [2.45, 2.75) is 32.7 Å². The minimum absolute atomic E-state index is 0.0816. The molecule has 0 unspecified atom stereocenters. The van der Waals surface area contributed by atoms with E-state index in [0.29, 0.717) is 25.6 Å². The van der Waals surface area contributed by atoms with Crippen molar-refractivity contribution in [1.82, 2.24) is 15.5 Å². The van der Waals surface area contributed by atoms with Gasteiger partial charge in [-0.3, -0.25) is 4.79 Å². The summed E-state index contributed by atoms with van der Waals surface area (Å²) in [6.45, 7) is 7.32. The van der Waals surface area contributed by atoms with E-state index in [1.165, 1.54) is 0 Å². The van der Waals surface area contributed by atoms with Crippen LogP contribution in [0.5, 0.6) is 0 Å². The van der Waals surface area contributed by atoms with Crippen LogP contribution in [-0.4, -0.2) is 55.7 Å². The number of rotatable bonds is 3. The van der Waals surface area contributed by atoms with Gasteiger partial charge in [0.15, 0.2) is 0 Å². The molecule has 2 atom stereocenters. The highest BCUT2D eigenvalue weighted by atomic mass is 16.6. The van der Waals surface area contributed by atoms with Gasteiger partial charge in [-0.2, -0.15) is 0 Å². The summed E-state index contributed by atoms with van der Waals surface area (Å²) in [5, 5.41) is 6.37. The molecule has 2 heterocycles. The smallest absolute Gasteiger partial charge is 0.409 e. The van der Waals surface area contributed by atoms with E-state index >= 15 is 0 Å². The van der Waals surface area contributed by atoms with Crippen molar-refractivity contribution in [2.75, 3.05) is 32.8 Å². The van der Waals surface area contributed by atoms with Gasteiger partial charge in [-0.25, -0.2) is 4.79 Å². The molecule has 20 heavy (non-hydrogen) atoms. The Labute approximate surface area is 120 Å². The average Bonchev–Trinajstić information content (AvgIpc) is 2.86. The first-order valence-corrected chi connectivity index (χ1v) is 7.54. The van der Waals surface area contributed by atoms with Crippen molar-refractivity contribution in [3.05, 3.63) is 0 Å². The van der Waals surface area contributed by atoms with Gasteiger partial charge in [-0.1, -0.05) is 6.92 Å². The minimum Gasteiger partial charge on any atom is -0.450 e. The van der Waals surface area contributed by atoms with Crippen LogP contribution in [0.3, 0.4) is 0 Å². The van der Waals surface area contributed by atoms with Crippen molar-refractivity contribution in [3.63, 3.8) is 0 Å². The number of carbonyl (C=O) groups is 2. The summed E-state index contributed by atoms with van der Waals surface area (Å²) < 4.78 is 4.98. The number of piperidine rings is 1. The molecule has 0 spiro atoms. The van der Waals surface area contributed by atoms with Crippen molar-refractivity contribution >= 4 is 12.0 Å². The number of carbonyl (C=O) groups excluding carboxylic acids is 2. The molecule has 0 radical (unpaired) electrons. The van der Waals surface area contributed by atoms with Crippen molar-refractivity contribution in [2.24, 2.45) is 11.8 Å². The van der Waals surface area contributed by atoms with Gasteiger partial charge >= 0.3 is 6.09 Å². The van der Waals surface area contributed by atoms with Gasteiger partial charge in [0.05, 0.1) is 12.5 Å². The lowest BCUT2D eigenvalue weighted by Gasteiger charge is -2.32. The molecule has 2 rings (SSSR count). The maximum absolute atomic E-state index is 12.2. The molecule has 0 aromatic carbocycles. The second-order valence-corrected chi connectivity index (χ2v) is 5.71. The van der Waals surface area contributed by atoms with Crippen molar-refractivity contribution in [3.8, 4) is 0 Å². The summed E-state index contributed by atoms with van der Waals surface area (Å²) in [6.07, 6.45) is 1.36. The van der Waals surface area contributed by atoms with E-state index in [9.17, 15) is 9.59 Å². The van der Waals surface area contributed by atoms with E-state index in [4.69, 9.17) is 4.74 Å². The monoisotopic (exact) mass is 283 g/mol. The van der Waals surface area contributed by atoms with E-state index in [-0.39, 0.29) is 24.0 Å². The van der Waals surface area contributed by atoms with Crippen LogP contribution in [0.1, 0.15) is 26.7 Å². The van der Waals surface area contributed by atoms with Gasteiger partial charge in [0, 0.05) is 25.7 Å². The number of ether oxygens (including phenoxy) is 1. The van der Waals surface area contributed by atoms with Gasteiger partial charge in [0.2, 0.25) is 5.91 Å². The quantitative estimate of drug-likeness (QED) is 0.795. The molecule has 6 heteroatoms. The standard InChI is InChI=1S/C14H25N3O3/c1-3-20-14(19)17-6-4-11(5-7-17)16-13(18)12-9-15-8-10(12)2/h10-12,15H,3-9H2,1-2H3,(H,16,18)/t10-,12-/m1/s1. The molecule has 0 saturated carbocycles. The predicted octanol–water partition coefficient (Wildman–Crippen LogP) is 0.579. The zero-order valence-electron chi connectivity index (χ0n) is 12.4. The van der Waals surface area contributed by atoms with Crippen LogP contribution in [0.4, 0.5) is 4.79 Å². The lowest BCUT2D eigenvalue weighted by molar-refractivity contribution is -0.126. The Kier molecular flexibility index (Phi) is 5.23. The third kappa shape index (κ3) is 3.62. The number of nitrogens with one attached hydrogen (secondary N) is 2. The first kappa shape index (κ1) is 15.1. The molecule has 2 fully saturated rings. The Morgan fingerprint density at radius 1 is 1.30 bits per heavy atom. The van der Waals surface area contributed by atoms with Gasteiger partial charge in [-0.05, 0) is 32.2 Å². The molecule has 2 aliphatic rings. The van der Waals surface area contributed by atoms with Crippen LogP contribution >= 0.6 is 0 Å².